The van der Waals surface area contributed by atoms with Gasteiger partial charge in [-0.05, 0) is 70.0 Å². The summed E-state index contributed by atoms with van der Waals surface area (Å²) >= 11 is -1.32. The van der Waals surface area contributed by atoms with Gasteiger partial charge in [-0.25, -0.2) is 13.2 Å². The van der Waals surface area contributed by atoms with Crippen LogP contribution in [-0.4, -0.2) is 39.9 Å². The zero-order valence-corrected chi connectivity index (χ0v) is 16.3. The van der Waals surface area contributed by atoms with Crippen molar-refractivity contribution in [2.24, 2.45) is 11.8 Å². The fourth-order valence-corrected chi connectivity index (χ4v) is 4.88. The lowest BCUT2D eigenvalue weighted by Gasteiger charge is -2.37. The van der Waals surface area contributed by atoms with Crippen molar-refractivity contribution in [2.75, 3.05) is 19.6 Å². The summed E-state index contributed by atoms with van der Waals surface area (Å²) in [5.41, 5.74) is 0.125. The van der Waals surface area contributed by atoms with E-state index in [2.05, 4.69) is 9.62 Å². The Morgan fingerprint density at radius 2 is 1.88 bits per heavy atom. The molecule has 26 heavy (non-hydrogen) atoms. The van der Waals surface area contributed by atoms with E-state index in [0.29, 0.717) is 12.0 Å². The van der Waals surface area contributed by atoms with Crippen LogP contribution < -0.4 is 4.72 Å². The predicted molar refractivity (Wildman–Crippen MR) is 97.5 cm³/mol. The fraction of sp³-hybridized carbons (Fsp3) is 0.684. The van der Waals surface area contributed by atoms with E-state index in [1.807, 2.05) is 20.8 Å². The van der Waals surface area contributed by atoms with Crippen LogP contribution in [0.5, 0.6) is 0 Å². The normalized spacial score (nSPS) is 28.2. The third-order valence-electron chi connectivity index (χ3n) is 5.41. The highest BCUT2D eigenvalue weighted by molar-refractivity contribution is 7.90. The van der Waals surface area contributed by atoms with Gasteiger partial charge in [-0.3, -0.25) is 0 Å². The number of nitrogens with one attached hydrogen (secondary N) is 1. The molecule has 2 aliphatic heterocycles. The molecule has 0 spiro atoms. The third kappa shape index (κ3) is 4.55. The van der Waals surface area contributed by atoms with E-state index in [1.165, 1.54) is 0 Å². The van der Waals surface area contributed by atoms with Gasteiger partial charge in [0.15, 0.2) is 11.6 Å². The molecule has 5 atom stereocenters. The van der Waals surface area contributed by atoms with Gasteiger partial charge < -0.3 is 9.45 Å². The van der Waals surface area contributed by atoms with Crippen LogP contribution in [0.2, 0.25) is 0 Å². The zero-order chi connectivity index (χ0) is 19.1. The molecule has 3 unspecified atom stereocenters. The molecule has 1 aromatic carbocycles. The summed E-state index contributed by atoms with van der Waals surface area (Å²) in [5.74, 6) is -2.18. The van der Waals surface area contributed by atoms with Gasteiger partial charge >= 0.3 is 0 Å². The Labute approximate surface area is 156 Å². The summed E-state index contributed by atoms with van der Waals surface area (Å²) in [4.78, 5) is 2.38. The standard InChI is InChI=1S/C19H27F3N2OS/c1-19(2,3)26(25)23-18(14-6-12-4-5-24(10-12)11-14)8-13-7-16(21)17(22)9-15(13)20/h7,9,12,14,18,23H,4-6,8,10-11H2,1-3H3/t12?,14?,18-,26+/m1/s1. The highest BCUT2D eigenvalue weighted by Crippen LogP contribution is 2.34. The predicted octanol–water partition coefficient (Wildman–Crippen LogP) is 3.41. The monoisotopic (exact) mass is 388 g/mol. The van der Waals surface area contributed by atoms with Crippen molar-refractivity contribution >= 4 is 11.4 Å². The van der Waals surface area contributed by atoms with Crippen LogP contribution in [0, 0.1) is 29.3 Å². The second kappa shape index (κ2) is 7.70. The summed E-state index contributed by atoms with van der Waals surface area (Å²) in [6.07, 6.45) is 2.34. The van der Waals surface area contributed by atoms with Crippen molar-refractivity contribution in [1.29, 1.82) is 0 Å². The number of halogens is 3. The molecule has 0 aromatic heterocycles. The van der Waals surface area contributed by atoms with Crippen molar-refractivity contribution < 1.29 is 17.7 Å². The number of hydrogen-bond acceptors (Lipinski definition) is 3. The first-order valence-corrected chi connectivity index (χ1v) is 10.3. The van der Waals surface area contributed by atoms with E-state index < -0.39 is 33.6 Å². The van der Waals surface area contributed by atoms with Crippen molar-refractivity contribution in [1.82, 2.24) is 9.62 Å². The molecule has 2 bridgehead atoms. The minimum Gasteiger partial charge on any atom is -0.598 e. The van der Waals surface area contributed by atoms with Gasteiger partial charge in [0.2, 0.25) is 0 Å². The number of rotatable bonds is 5. The largest absolute Gasteiger partial charge is 0.598 e. The molecule has 0 radical (unpaired) electrons. The highest BCUT2D eigenvalue weighted by atomic mass is 32.2. The molecule has 2 heterocycles. The van der Waals surface area contributed by atoms with Crippen LogP contribution in [0.25, 0.3) is 0 Å². The van der Waals surface area contributed by atoms with E-state index in [-0.39, 0.29) is 23.9 Å². The first-order chi connectivity index (χ1) is 12.1. The molecule has 2 fully saturated rings. The topological polar surface area (TPSA) is 38.3 Å². The number of piperidine rings is 1. The molecule has 3 nitrogen and oxygen atoms in total. The summed E-state index contributed by atoms with van der Waals surface area (Å²) in [6, 6.07) is 1.27. The van der Waals surface area contributed by atoms with Crippen LogP contribution in [0.4, 0.5) is 13.2 Å². The molecule has 2 saturated heterocycles. The van der Waals surface area contributed by atoms with E-state index >= 15 is 0 Å². The lowest BCUT2D eigenvalue weighted by Crippen LogP contribution is -2.52. The first-order valence-electron chi connectivity index (χ1n) is 9.17. The maximum Gasteiger partial charge on any atom is 0.161 e. The molecule has 1 N–H and O–H groups in total. The van der Waals surface area contributed by atoms with Gasteiger partial charge in [0.25, 0.3) is 0 Å². The van der Waals surface area contributed by atoms with Crippen LogP contribution in [-0.2, 0) is 17.8 Å². The summed E-state index contributed by atoms with van der Waals surface area (Å²) in [6.45, 7) is 8.64. The number of hydrogen-bond donors (Lipinski definition) is 1. The third-order valence-corrected chi connectivity index (χ3v) is 7.04. The Balaban J connectivity index is 1.82. The Morgan fingerprint density at radius 3 is 2.54 bits per heavy atom. The summed E-state index contributed by atoms with van der Waals surface area (Å²) < 4.78 is 56.4. The summed E-state index contributed by atoms with van der Waals surface area (Å²) in [7, 11) is 0. The quantitative estimate of drug-likeness (QED) is 0.621. The maximum absolute atomic E-state index is 14.2. The van der Waals surface area contributed by atoms with E-state index in [0.717, 1.165) is 38.5 Å². The molecule has 2 aliphatic rings. The number of nitrogens with zero attached hydrogens (tertiary/aromatic N) is 1. The van der Waals surface area contributed by atoms with E-state index in [1.54, 1.807) is 0 Å². The van der Waals surface area contributed by atoms with Crippen LogP contribution in [0.1, 0.15) is 39.2 Å². The van der Waals surface area contributed by atoms with Gasteiger partial charge in [-0.2, -0.15) is 0 Å². The van der Waals surface area contributed by atoms with Crippen molar-refractivity contribution in [3.63, 3.8) is 0 Å². The van der Waals surface area contributed by atoms with Gasteiger partial charge in [0.1, 0.15) is 10.6 Å². The summed E-state index contributed by atoms with van der Waals surface area (Å²) in [5, 5.41) is 0. The zero-order valence-electron chi connectivity index (χ0n) is 15.5. The Morgan fingerprint density at radius 1 is 1.19 bits per heavy atom. The minimum absolute atomic E-state index is 0.125. The Kier molecular flexibility index (Phi) is 5.92. The average Bonchev–Trinajstić information content (AvgIpc) is 2.88. The van der Waals surface area contributed by atoms with Crippen LogP contribution in [0.3, 0.4) is 0 Å². The van der Waals surface area contributed by atoms with E-state index in [4.69, 9.17) is 0 Å². The van der Waals surface area contributed by atoms with Crippen LogP contribution >= 0.6 is 0 Å². The van der Waals surface area contributed by atoms with Crippen LogP contribution in [0.15, 0.2) is 12.1 Å². The number of fused-ring (bicyclic) bond motifs is 2. The fourth-order valence-electron chi connectivity index (χ4n) is 3.97. The minimum atomic E-state index is -1.32. The first kappa shape index (κ1) is 20.0. The number of benzene rings is 1. The average molecular weight is 388 g/mol. The molecule has 146 valence electrons. The van der Waals surface area contributed by atoms with Crippen molar-refractivity contribution in [2.45, 2.75) is 50.8 Å². The molecule has 0 amide bonds. The Hall–Kier alpha value is -0.760. The smallest absolute Gasteiger partial charge is 0.161 e. The van der Waals surface area contributed by atoms with E-state index in [9.17, 15) is 17.7 Å². The molecular formula is C19H27F3N2OS. The molecule has 3 rings (SSSR count). The van der Waals surface area contributed by atoms with Gasteiger partial charge in [0, 0.05) is 30.5 Å². The van der Waals surface area contributed by atoms with Gasteiger partial charge in [-0.1, -0.05) is 0 Å². The lowest BCUT2D eigenvalue weighted by molar-refractivity contribution is 0.173. The second-order valence-electron chi connectivity index (χ2n) is 8.58. The molecule has 0 saturated carbocycles. The molecular weight excluding hydrogens is 361 g/mol. The Bertz CT molecular complexity index is 640. The SMILES string of the molecule is CC(C)(C)[S@+]([O-])N[C@H](Cc1cc(F)c(F)cc1F)C1CC2CCN(C2)C1. The van der Waals surface area contributed by atoms with Gasteiger partial charge in [0.05, 0.1) is 6.04 Å². The van der Waals surface area contributed by atoms with Crippen molar-refractivity contribution in [3.8, 4) is 0 Å². The van der Waals surface area contributed by atoms with Gasteiger partial charge in [-0.15, -0.1) is 4.72 Å². The molecule has 0 aliphatic carbocycles. The second-order valence-corrected chi connectivity index (χ2v) is 10.6. The highest BCUT2D eigenvalue weighted by Gasteiger charge is 2.39. The lowest BCUT2D eigenvalue weighted by atomic mass is 9.84. The van der Waals surface area contributed by atoms with Crippen molar-refractivity contribution in [3.05, 3.63) is 35.1 Å². The molecule has 7 heteroatoms. The molecule has 1 aromatic rings. The maximum atomic E-state index is 14.2.